The molecule has 1 saturated carbocycles. The third-order valence-electron chi connectivity index (χ3n) is 3.75. The summed E-state index contributed by atoms with van der Waals surface area (Å²) < 4.78 is 1.93. The third-order valence-corrected chi connectivity index (χ3v) is 4.24. The Morgan fingerprint density at radius 3 is 2.81 bits per heavy atom. The van der Waals surface area contributed by atoms with Crippen molar-refractivity contribution in [1.29, 1.82) is 0 Å². The molecule has 1 aliphatic rings. The van der Waals surface area contributed by atoms with Crippen LogP contribution in [-0.2, 0) is 13.5 Å². The summed E-state index contributed by atoms with van der Waals surface area (Å²) in [6.07, 6.45) is 4.95. The van der Waals surface area contributed by atoms with Gasteiger partial charge in [-0.3, -0.25) is 4.68 Å². The largest absolute Gasteiger partial charge is 0.317 e. The van der Waals surface area contributed by atoms with Crippen LogP contribution in [0.2, 0.25) is 5.02 Å². The van der Waals surface area contributed by atoms with E-state index in [9.17, 15) is 0 Å². The number of hydrogen-bond donors (Lipinski definition) is 1. The van der Waals surface area contributed by atoms with Gasteiger partial charge < -0.3 is 5.32 Å². The number of aromatic nitrogens is 2. The molecule has 2 unspecified atom stereocenters. The molecule has 16 heavy (non-hydrogen) atoms. The van der Waals surface area contributed by atoms with Gasteiger partial charge in [0.25, 0.3) is 0 Å². The highest BCUT2D eigenvalue weighted by molar-refractivity contribution is 6.31. The molecule has 1 N–H and O–H groups in total. The highest BCUT2D eigenvalue weighted by atomic mass is 35.5. The summed E-state index contributed by atoms with van der Waals surface area (Å²) in [5, 5.41) is 8.63. The fourth-order valence-corrected chi connectivity index (χ4v) is 3.05. The molecule has 1 aliphatic carbocycles. The zero-order valence-electron chi connectivity index (χ0n) is 10.3. The van der Waals surface area contributed by atoms with Crippen LogP contribution in [-0.4, -0.2) is 22.9 Å². The zero-order chi connectivity index (χ0) is 11.7. The van der Waals surface area contributed by atoms with Gasteiger partial charge in [0.1, 0.15) is 0 Å². The second-order valence-corrected chi connectivity index (χ2v) is 5.14. The van der Waals surface area contributed by atoms with Gasteiger partial charge in [-0.25, -0.2) is 0 Å². The van der Waals surface area contributed by atoms with Gasteiger partial charge in [0.05, 0.1) is 16.4 Å². The van der Waals surface area contributed by atoms with E-state index in [0.29, 0.717) is 12.0 Å². The fourth-order valence-electron chi connectivity index (χ4n) is 2.81. The van der Waals surface area contributed by atoms with E-state index in [1.54, 1.807) is 0 Å². The third kappa shape index (κ3) is 2.11. The Labute approximate surface area is 102 Å². The van der Waals surface area contributed by atoms with E-state index in [1.807, 2.05) is 18.7 Å². The van der Waals surface area contributed by atoms with Crippen LogP contribution in [0, 0.1) is 12.8 Å². The predicted molar refractivity (Wildman–Crippen MR) is 66.8 cm³/mol. The molecule has 0 amide bonds. The maximum absolute atomic E-state index is 6.28. The normalized spacial score (nSPS) is 25.2. The Kier molecular flexibility index (Phi) is 3.55. The van der Waals surface area contributed by atoms with Crippen molar-refractivity contribution in [2.24, 2.45) is 13.0 Å². The predicted octanol–water partition coefficient (Wildman–Crippen LogP) is 2.31. The lowest BCUT2D eigenvalue weighted by Crippen LogP contribution is -2.30. The maximum atomic E-state index is 6.28. The number of aryl methyl sites for hydroxylation is 2. The smallest absolute Gasteiger partial charge is 0.0847 e. The van der Waals surface area contributed by atoms with Gasteiger partial charge in [0.15, 0.2) is 0 Å². The first-order chi connectivity index (χ1) is 7.63. The van der Waals surface area contributed by atoms with Crippen LogP contribution in [0.25, 0.3) is 0 Å². The molecule has 4 heteroatoms. The van der Waals surface area contributed by atoms with Gasteiger partial charge in [-0.15, -0.1) is 0 Å². The number of nitrogens with zero attached hydrogens (tertiary/aromatic N) is 2. The number of hydrogen-bond acceptors (Lipinski definition) is 2. The molecule has 1 heterocycles. The molecule has 3 nitrogen and oxygen atoms in total. The van der Waals surface area contributed by atoms with E-state index < -0.39 is 0 Å². The van der Waals surface area contributed by atoms with Crippen molar-refractivity contribution in [2.75, 3.05) is 7.05 Å². The topological polar surface area (TPSA) is 29.9 Å². The molecule has 90 valence electrons. The SMILES string of the molecule is CNC1CCCC1Cc1c(Cl)c(C)nn1C. The summed E-state index contributed by atoms with van der Waals surface area (Å²) in [7, 11) is 4.04. The van der Waals surface area contributed by atoms with E-state index in [4.69, 9.17) is 11.6 Å². The summed E-state index contributed by atoms with van der Waals surface area (Å²) >= 11 is 6.28. The van der Waals surface area contributed by atoms with Crippen molar-refractivity contribution >= 4 is 11.6 Å². The monoisotopic (exact) mass is 241 g/mol. The second-order valence-electron chi connectivity index (χ2n) is 4.76. The molecular formula is C12H20ClN3. The summed E-state index contributed by atoms with van der Waals surface area (Å²) in [5.74, 6) is 0.706. The molecule has 0 aromatic carbocycles. The summed E-state index contributed by atoms with van der Waals surface area (Å²) in [6.45, 7) is 1.97. The quantitative estimate of drug-likeness (QED) is 0.880. The van der Waals surface area contributed by atoms with Crippen LogP contribution in [0.3, 0.4) is 0 Å². The Balaban J connectivity index is 2.14. The Morgan fingerprint density at radius 2 is 2.25 bits per heavy atom. The minimum atomic E-state index is 0.645. The van der Waals surface area contributed by atoms with Crippen LogP contribution < -0.4 is 5.32 Å². The molecule has 0 aliphatic heterocycles. The van der Waals surface area contributed by atoms with Crippen molar-refractivity contribution in [3.8, 4) is 0 Å². The minimum absolute atomic E-state index is 0.645. The molecule has 0 bridgehead atoms. The molecule has 2 rings (SSSR count). The van der Waals surface area contributed by atoms with Crippen molar-refractivity contribution in [3.05, 3.63) is 16.4 Å². The standard InChI is InChI=1S/C12H20ClN3/c1-8-12(13)11(16(3)15-8)7-9-5-4-6-10(9)14-2/h9-10,14H,4-7H2,1-3H3. The lowest BCUT2D eigenvalue weighted by atomic mass is 9.97. The minimum Gasteiger partial charge on any atom is -0.317 e. The first-order valence-electron chi connectivity index (χ1n) is 5.98. The highest BCUT2D eigenvalue weighted by Crippen LogP contribution is 2.31. The average Bonchev–Trinajstić information content (AvgIpc) is 2.79. The van der Waals surface area contributed by atoms with Crippen molar-refractivity contribution in [1.82, 2.24) is 15.1 Å². The average molecular weight is 242 g/mol. The molecule has 0 radical (unpaired) electrons. The van der Waals surface area contributed by atoms with Gasteiger partial charge in [-0.05, 0) is 39.2 Å². The van der Waals surface area contributed by atoms with E-state index in [2.05, 4.69) is 17.5 Å². The van der Waals surface area contributed by atoms with Crippen LogP contribution in [0.1, 0.15) is 30.7 Å². The summed E-state index contributed by atoms with van der Waals surface area (Å²) in [6, 6.07) is 0.645. The zero-order valence-corrected chi connectivity index (χ0v) is 11.0. The summed E-state index contributed by atoms with van der Waals surface area (Å²) in [4.78, 5) is 0. The number of rotatable bonds is 3. The second kappa shape index (κ2) is 4.76. The van der Waals surface area contributed by atoms with Gasteiger partial charge in [-0.2, -0.15) is 5.10 Å². The molecule has 0 saturated heterocycles. The van der Waals surface area contributed by atoms with Crippen molar-refractivity contribution < 1.29 is 0 Å². The Hall–Kier alpha value is -0.540. The Bertz CT molecular complexity index is 373. The fraction of sp³-hybridized carbons (Fsp3) is 0.750. The van der Waals surface area contributed by atoms with Gasteiger partial charge in [0, 0.05) is 13.1 Å². The van der Waals surface area contributed by atoms with Crippen LogP contribution in [0.15, 0.2) is 0 Å². The van der Waals surface area contributed by atoms with Crippen molar-refractivity contribution in [2.45, 2.75) is 38.6 Å². The van der Waals surface area contributed by atoms with Crippen LogP contribution in [0.4, 0.5) is 0 Å². The van der Waals surface area contributed by atoms with E-state index >= 15 is 0 Å². The number of nitrogens with one attached hydrogen (secondary N) is 1. The molecule has 1 aromatic heterocycles. The lowest BCUT2D eigenvalue weighted by molar-refractivity contribution is 0.414. The molecule has 1 aromatic rings. The number of halogens is 1. The van der Waals surface area contributed by atoms with Crippen LogP contribution >= 0.6 is 11.6 Å². The summed E-state index contributed by atoms with van der Waals surface area (Å²) in [5.41, 5.74) is 2.13. The Morgan fingerprint density at radius 1 is 1.50 bits per heavy atom. The van der Waals surface area contributed by atoms with Crippen LogP contribution in [0.5, 0.6) is 0 Å². The molecule has 0 spiro atoms. The molecule has 2 atom stereocenters. The lowest BCUT2D eigenvalue weighted by Gasteiger charge is -2.19. The van der Waals surface area contributed by atoms with Gasteiger partial charge in [-0.1, -0.05) is 18.0 Å². The molecular weight excluding hydrogens is 222 g/mol. The first kappa shape index (κ1) is 11.9. The van der Waals surface area contributed by atoms with E-state index in [0.717, 1.165) is 17.1 Å². The highest BCUT2D eigenvalue weighted by Gasteiger charge is 2.28. The maximum Gasteiger partial charge on any atom is 0.0847 e. The van der Waals surface area contributed by atoms with Gasteiger partial charge >= 0.3 is 0 Å². The first-order valence-corrected chi connectivity index (χ1v) is 6.36. The van der Waals surface area contributed by atoms with Gasteiger partial charge in [0.2, 0.25) is 0 Å². The molecule has 1 fully saturated rings. The van der Waals surface area contributed by atoms with E-state index in [-0.39, 0.29) is 0 Å². The van der Waals surface area contributed by atoms with E-state index in [1.165, 1.54) is 25.0 Å². The van der Waals surface area contributed by atoms with Crippen molar-refractivity contribution in [3.63, 3.8) is 0 Å².